The summed E-state index contributed by atoms with van der Waals surface area (Å²) in [6.07, 6.45) is -0.809. The van der Waals surface area contributed by atoms with Gasteiger partial charge in [0, 0.05) is 11.9 Å². The Balaban J connectivity index is 0.000000812. The Morgan fingerprint density at radius 3 is 2.25 bits per heavy atom. The number of nitrogens with zero attached hydrogens (tertiary/aromatic N) is 1. The third-order valence-corrected chi connectivity index (χ3v) is 7.32. The zero-order valence-electron chi connectivity index (χ0n) is 22.5. The van der Waals surface area contributed by atoms with Crippen molar-refractivity contribution in [3.8, 4) is 5.75 Å². The van der Waals surface area contributed by atoms with Gasteiger partial charge in [-0.05, 0) is 17.3 Å². The minimum absolute atomic E-state index is 0. The Labute approximate surface area is 267 Å². The van der Waals surface area contributed by atoms with Crippen LogP contribution in [0.5, 0.6) is 5.75 Å². The first-order valence-electron chi connectivity index (χ1n) is 11.0. The normalized spacial score (nSPS) is 12.0. The first-order chi connectivity index (χ1) is 17.6. The summed E-state index contributed by atoms with van der Waals surface area (Å²) < 4.78 is 71.6. The van der Waals surface area contributed by atoms with Gasteiger partial charge in [0.2, 0.25) is 0 Å². The minimum Gasteiger partial charge on any atom is -0.539 e. The average Bonchev–Trinajstić information content (AvgIpc) is 2.91. The molecule has 0 fully saturated rings. The van der Waals surface area contributed by atoms with Gasteiger partial charge in [-0.25, -0.2) is 0 Å². The van der Waals surface area contributed by atoms with Crippen LogP contribution in [0.4, 0.5) is 27.6 Å². The summed E-state index contributed by atoms with van der Waals surface area (Å²) in [6.45, 7) is 5.03. The third-order valence-electron chi connectivity index (χ3n) is 5.15. The maximum Gasteiger partial charge on any atom is 1.00 e. The molecule has 1 aliphatic rings. The summed E-state index contributed by atoms with van der Waals surface area (Å²) in [5.41, 5.74) is 0.371. The fourth-order valence-corrected chi connectivity index (χ4v) is 5.16. The Kier molecular flexibility index (Phi) is 17.1. The number of alkyl halides is 5. The molecule has 206 valence electrons. The molecule has 0 saturated heterocycles. The summed E-state index contributed by atoms with van der Waals surface area (Å²) in [4.78, 5) is 0.887. The van der Waals surface area contributed by atoms with Crippen molar-refractivity contribution in [2.45, 2.75) is 31.7 Å². The third kappa shape index (κ3) is 10.6. The van der Waals surface area contributed by atoms with Crippen molar-refractivity contribution in [1.29, 1.82) is 5.41 Å². The number of ether oxygens (including phenoxy) is 1. The molecule has 0 atom stereocenters. The molecule has 0 unspecified atom stereocenters. The zero-order valence-corrected chi connectivity index (χ0v) is 24.7. The second kappa shape index (κ2) is 17.9. The molecule has 11 heteroatoms. The molecule has 4 rings (SSSR count). The van der Waals surface area contributed by atoms with Crippen LogP contribution in [0.2, 0.25) is 0 Å². The van der Waals surface area contributed by atoms with E-state index in [1.54, 1.807) is 34.4 Å². The second-order valence-electron chi connectivity index (χ2n) is 7.66. The number of fused-ring (bicyclic) bond motifs is 1. The van der Waals surface area contributed by atoms with Gasteiger partial charge < -0.3 is 31.4 Å². The van der Waals surface area contributed by atoms with Crippen molar-refractivity contribution in [2.75, 3.05) is 4.90 Å². The molecular formula is C29H26F5ILi2N2O-4. The van der Waals surface area contributed by atoms with Crippen molar-refractivity contribution >= 4 is 11.4 Å². The fourth-order valence-electron chi connectivity index (χ4n) is 3.21. The summed E-state index contributed by atoms with van der Waals surface area (Å²) in [7, 11) is 0. The first kappa shape index (κ1) is 38.2. The van der Waals surface area contributed by atoms with Crippen LogP contribution in [0.1, 0.15) is 29.5 Å². The predicted molar refractivity (Wildman–Crippen MR) is 135 cm³/mol. The Morgan fingerprint density at radius 1 is 1.00 bits per heavy atom. The largest absolute Gasteiger partial charge is 1.00 e. The van der Waals surface area contributed by atoms with E-state index in [2.05, 4.69) is 26.1 Å². The Morgan fingerprint density at radius 2 is 1.68 bits per heavy atom. The van der Waals surface area contributed by atoms with Crippen molar-refractivity contribution in [3.05, 3.63) is 125 Å². The second-order valence-corrected chi connectivity index (χ2v) is 10.1. The van der Waals surface area contributed by atoms with Gasteiger partial charge in [0.05, 0.1) is 5.56 Å². The molecular weight excluding hydrogens is 628 g/mol. The SMILES string of the molecule is FC(F)N1[C-]=C[I-]c2ccccc21.[CH2-]CC(C[CH2-])Oc1c[c-]c(C(=N)c2cccc(C(F)(F)F)c2)cc1.[CH3-].[Li+].[Li+]. The van der Waals surface area contributed by atoms with Crippen LogP contribution in [0.3, 0.4) is 0 Å². The van der Waals surface area contributed by atoms with Gasteiger partial charge >= 0.3 is 129 Å². The predicted octanol–water partition coefficient (Wildman–Crippen LogP) is -1.16. The maximum absolute atomic E-state index is 12.8. The molecule has 3 aromatic rings. The maximum atomic E-state index is 12.8. The number of anilines is 1. The smallest absolute Gasteiger partial charge is 0.539 e. The van der Waals surface area contributed by atoms with Gasteiger partial charge in [0.25, 0.3) is 0 Å². The van der Waals surface area contributed by atoms with E-state index in [1.807, 2.05) is 12.1 Å². The Hall–Kier alpha value is -1.76. The molecule has 0 bridgehead atoms. The van der Waals surface area contributed by atoms with E-state index in [-0.39, 0.29) is 83.7 Å². The zero-order chi connectivity index (χ0) is 27.0. The van der Waals surface area contributed by atoms with Crippen molar-refractivity contribution in [1.82, 2.24) is 0 Å². The fraction of sp³-hybridized carbons (Fsp3) is 0.172. The molecule has 3 aromatic carbocycles. The molecule has 0 aliphatic carbocycles. The van der Waals surface area contributed by atoms with Crippen LogP contribution < -0.4 is 68.6 Å². The topological polar surface area (TPSA) is 36.3 Å². The summed E-state index contributed by atoms with van der Waals surface area (Å²) in [5.74, 6) is 0.563. The van der Waals surface area contributed by atoms with Gasteiger partial charge in [0.15, 0.2) is 0 Å². The van der Waals surface area contributed by atoms with E-state index < -0.39 is 18.3 Å². The van der Waals surface area contributed by atoms with Crippen LogP contribution in [-0.4, -0.2) is 18.4 Å². The van der Waals surface area contributed by atoms with E-state index in [0.29, 0.717) is 29.8 Å². The van der Waals surface area contributed by atoms with Crippen LogP contribution in [0, 0.1) is 42.5 Å². The van der Waals surface area contributed by atoms with E-state index in [4.69, 9.17) is 10.1 Å². The first-order valence-corrected chi connectivity index (χ1v) is 13.4. The van der Waals surface area contributed by atoms with Crippen molar-refractivity contribution < 1.29 is 85.6 Å². The number of hydrogen-bond acceptors (Lipinski definition) is 3. The number of rotatable bonds is 7. The number of hydrogen-bond donors (Lipinski definition) is 1. The van der Waals surface area contributed by atoms with Gasteiger partial charge in [0.1, 0.15) is 0 Å². The minimum atomic E-state index is -4.44. The quantitative estimate of drug-likeness (QED) is 0.0873. The summed E-state index contributed by atoms with van der Waals surface area (Å²) >= 11 is -0.269. The molecule has 0 spiro atoms. The Bertz CT molecular complexity index is 1220. The van der Waals surface area contributed by atoms with E-state index >= 15 is 0 Å². The number of para-hydroxylation sites is 1. The monoisotopic (exact) mass is 654 g/mol. The van der Waals surface area contributed by atoms with Crippen molar-refractivity contribution in [2.24, 2.45) is 0 Å². The van der Waals surface area contributed by atoms with Gasteiger partial charge in [-0.2, -0.15) is 13.2 Å². The van der Waals surface area contributed by atoms with Gasteiger partial charge in [-0.3, -0.25) is 0 Å². The van der Waals surface area contributed by atoms with Crippen LogP contribution in [-0.2, 0) is 6.18 Å². The van der Waals surface area contributed by atoms with E-state index in [1.165, 1.54) is 12.1 Å². The van der Waals surface area contributed by atoms with E-state index in [9.17, 15) is 22.0 Å². The molecule has 40 heavy (non-hydrogen) atoms. The molecule has 1 aliphatic heterocycles. The van der Waals surface area contributed by atoms with Gasteiger partial charge in [-0.1, -0.05) is 18.2 Å². The molecule has 0 saturated carbocycles. The van der Waals surface area contributed by atoms with Crippen LogP contribution >= 0.6 is 0 Å². The van der Waals surface area contributed by atoms with Crippen molar-refractivity contribution in [3.63, 3.8) is 0 Å². The van der Waals surface area contributed by atoms with E-state index in [0.717, 1.165) is 20.6 Å². The standard InChI is InChI=1S/C19H17F3NO.C9H6F2IN.CH3.2Li/c1-3-16(4-2)24-17-10-8-13(9-11-17)18(23)14-6-5-7-15(12-14)19(20,21)22;10-9(11)13-6-5-12-7-3-1-2-4-8(7)13;;;/h5-8,10-12,16,23H,1-4H2;1-5,9H;1H3;;/q-3;-2;-1;2*+1. The number of halogens is 6. The summed E-state index contributed by atoms with van der Waals surface area (Å²) in [5, 5.41) is 8.10. The molecule has 1 N–H and O–H groups in total. The molecule has 0 amide bonds. The average molecular weight is 654 g/mol. The molecule has 1 heterocycles. The summed E-state index contributed by atoms with van der Waals surface area (Å²) in [6, 6.07) is 19.7. The molecule has 0 radical (unpaired) electrons. The number of benzene rings is 3. The molecule has 0 aromatic heterocycles. The van der Waals surface area contributed by atoms with Crippen LogP contribution in [0.15, 0.2) is 70.8 Å². The van der Waals surface area contributed by atoms with Gasteiger partial charge in [-0.15, -0.1) is 42.7 Å². The van der Waals surface area contributed by atoms with Crippen LogP contribution in [0.25, 0.3) is 0 Å². The molecule has 3 nitrogen and oxygen atoms in total. The number of nitrogens with one attached hydrogen (secondary N) is 1.